The van der Waals surface area contributed by atoms with Crippen LogP contribution >= 0.6 is 24.0 Å². The Bertz CT molecular complexity index is 803. The van der Waals surface area contributed by atoms with E-state index in [-0.39, 0.29) is 36.4 Å². The number of benzene rings is 1. The maximum absolute atomic E-state index is 11.9. The second-order valence-electron chi connectivity index (χ2n) is 6.55. The normalized spacial score (nSPS) is 10.9. The Kier molecular flexibility index (Phi) is 10.4. The smallest absolute Gasteiger partial charge is 0.241 e. The molecule has 1 aromatic heterocycles. The summed E-state index contributed by atoms with van der Waals surface area (Å²) < 4.78 is 7.07. The highest BCUT2D eigenvalue weighted by Gasteiger charge is 2.08. The van der Waals surface area contributed by atoms with Crippen molar-refractivity contribution in [2.45, 2.75) is 19.9 Å². The number of carbonyl (C=O) groups excluding carboxylic acids is 1. The molecule has 9 nitrogen and oxygen atoms in total. The molecule has 0 aliphatic heterocycles. The van der Waals surface area contributed by atoms with Crippen molar-refractivity contribution in [3.63, 3.8) is 0 Å². The Morgan fingerprint density at radius 2 is 1.90 bits per heavy atom. The molecule has 0 saturated carbocycles. The topological polar surface area (TPSA) is 96.7 Å². The number of hydrogen-bond donors (Lipinski definition) is 2. The number of aryl methyl sites for hydroxylation is 1. The fourth-order valence-electron chi connectivity index (χ4n) is 2.35. The number of aromatic nitrogens is 3. The third-order valence-electron chi connectivity index (χ3n) is 4.33. The van der Waals surface area contributed by atoms with E-state index in [2.05, 4.69) is 25.8 Å². The van der Waals surface area contributed by atoms with E-state index in [9.17, 15) is 4.79 Å². The monoisotopic (exact) mass is 515 g/mol. The number of ether oxygens (including phenoxy) is 1. The van der Waals surface area contributed by atoms with Crippen LogP contribution in [0.3, 0.4) is 0 Å². The number of nitrogens with one attached hydrogen (secondary N) is 2. The highest BCUT2D eigenvalue weighted by molar-refractivity contribution is 14.0. The van der Waals surface area contributed by atoms with Crippen molar-refractivity contribution in [3.05, 3.63) is 41.5 Å². The maximum atomic E-state index is 11.9. The zero-order valence-electron chi connectivity index (χ0n) is 17.6. The van der Waals surface area contributed by atoms with Crippen LogP contribution in [0.25, 0.3) is 0 Å². The van der Waals surface area contributed by atoms with E-state index in [0.29, 0.717) is 19.0 Å². The van der Waals surface area contributed by atoms with Crippen molar-refractivity contribution in [2.24, 2.45) is 12.0 Å². The van der Waals surface area contributed by atoms with Gasteiger partial charge in [-0.15, -0.1) is 34.2 Å². The van der Waals surface area contributed by atoms with Crippen molar-refractivity contribution in [2.75, 3.05) is 34.3 Å². The average Bonchev–Trinajstić information content (AvgIpc) is 3.01. The van der Waals surface area contributed by atoms with Crippen LogP contribution in [0.4, 0.5) is 0 Å². The lowest BCUT2D eigenvalue weighted by molar-refractivity contribution is -0.127. The van der Waals surface area contributed by atoms with Crippen molar-refractivity contribution in [1.82, 2.24) is 30.3 Å². The molecule has 0 fully saturated rings. The Morgan fingerprint density at radius 1 is 1.21 bits per heavy atom. The zero-order valence-corrected chi connectivity index (χ0v) is 19.9. The molecular formula is C19H30IN7O2. The molecule has 0 bridgehead atoms. The van der Waals surface area contributed by atoms with Gasteiger partial charge in [-0.05, 0) is 31.0 Å². The summed E-state index contributed by atoms with van der Waals surface area (Å²) >= 11 is 0. The number of amides is 1. The Morgan fingerprint density at radius 3 is 2.45 bits per heavy atom. The van der Waals surface area contributed by atoms with Gasteiger partial charge in [0.25, 0.3) is 0 Å². The average molecular weight is 515 g/mol. The van der Waals surface area contributed by atoms with Crippen LogP contribution in [-0.4, -0.2) is 65.8 Å². The predicted molar refractivity (Wildman–Crippen MR) is 124 cm³/mol. The minimum absolute atomic E-state index is 0. The first-order valence-corrected chi connectivity index (χ1v) is 9.11. The summed E-state index contributed by atoms with van der Waals surface area (Å²) in [4.78, 5) is 18.0. The number of carbonyl (C=O) groups is 1. The third kappa shape index (κ3) is 7.87. The van der Waals surface area contributed by atoms with Crippen molar-refractivity contribution < 1.29 is 9.53 Å². The van der Waals surface area contributed by atoms with Crippen molar-refractivity contribution in [3.8, 4) is 5.75 Å². The molecule has 0 atom stereocenters. The van der Waals surface area contributed by atoms with Gasteiger partial charge >= 0.3 is 0 Å². The molecule has 2 rings (SSSR count). The lowest BCUT2D eigenvalue weighted by atomic mass is 10.1. The van der Waals surface area contributed by atoms with E-state index in [1.54, 1.807) is 21.2 Å². The molecule has 1 heterocycles. The SMILES string of the molecule is COc1ccc(CCNC(=NCc2nnc(C)n2C)NCC(=O)N(C)C)cc1.I. The van der Waals surface area contributed by atoms with E-state index in [1.165, 1.54) is 10.5 Å². The molecule has 29 heavy (non-hydrogen) atoms. The molecular weight excluding hydrogens is 485 g/mol. The Labute approximate surface area is 189 Å². The summed E-state index contributed by atoms with van der Waals surface area (Å²) in [6.07, 6.45) is 0.815. The Hall–Kier alpha value is -2.37. The first kappa shape index (κ1) is 24.7. The summed E-state index contributed by atoms with van der Waals surface area (Å²) in [6, 6.07) is 7.94. The van der Waals surface area contributed by atoms with E-state index in [4.69, 9.17) is 4.74 Å². The van der Waals surface area contributed by atoms with E-state index >= 15 is 0 Å². The number of halogens is 1. The fraction of sp³-hybridized carbons (Fsp3) is 0.474. The van der Waals surface area contributed by atoms with Crippen molar-refractivity contribution in [1.29, 1.82) is 0 Å². The molecule has 0 radical (unpaired) electrons. The minimum Gasteiger partial charge on any atom is -0.497 e. The van der Waals surface area contributed by atoms with Crippen molar-refractivity contribution >= 4 is 35.8 Å². The van der Waals surface area contributed by atoms with Crippen LogP contribution in [0.2, 0.25) is 0 Å². The molecule has 2 aromatic rings. The van der Waals surface area contributed by atoms with Gasteiger partial charge in [-0.25, -0.2) is 4.99 Å². The predicted octanol–water partition coefficient (Wildman–Crippen LogP) is 1.12. The van der Waals surface area contributed by atoms with Crippen LogP contribution in [-0.2, 0) is 24.8 Å². The second-order valence-corrected chi connectivity index (χ2v) is 6.55. The van der Waals surface area contributed by atoms with Gasteiger partial charge < -0.3 is 24.8 Å². The molecule has 0 spiro atoms. The van der Waals surface area contributed by atoms with Gasteiger partial charge in [-0.3, -0.25) is 4.79 Å². The molecule has 10 heteroatoms. The van der Waals surface area contributed by atoms with Gasteiger partial charge in [0.2, 0.25) is 5.91 Å². The van der Waals surface area contributed by atoms with Gasteiger partial charge in [0.15, 0.2) is 11.8 Å². The molecule has 160 valence electrons. The fourth-order valence-corrected chi connectivity index (χ4v) is 2.35. The van der Waals surface area contributed by atoms with Crippen LogP contribution < -0.4 is 15.4 Å². The van der Waals surface area contributed by atoms with Gasteiger partial charge in [-0.1, -0.05) is 12.1 Å². The van der Waals surface area contributed by atoms with Gasteiger partial charge in [0, 0.05) is 27.7 Å². The first-order chi connectivity index (χ1) is 13.4. The molecule has 0 aliphatic rings. The highest BCUT2D eigenvalue weighted by Crippen LogP contribution is 2.11. The molecule has 1 aromatic carbocycles. The van der Waals surface area contributed by atoms with Crippen LogP contribution in [0, 0.1) is 6.92 Å². The van der Waals surface area contributed by atoms with Gasteiger partial charge in [0.05, 0.1) is 13.7 Å². The third-order valence-corrected chi connectivity index (χ3v) is 4.33. The van der Waals surface area contributed by atoms with Crippen LogP contribution in [0.1, 0.15) is 17.2 Å². The summed E-state index contributed by atoms with van der Waals surface area (Å²) in [5, 5.41) is 14.5. The standard InChI is InChI=1S/C19H29N7O2.HI/c1-14-23-24-17(26(14)4)12-21-19(22-13-18(27)25(2)3)20-11-10-15-6-8-16(28-5)9-7-15;/h6-9H,10-13H2,1-5H3,(H2,20,21,22);1H. The van der Waals surface area contributed by atoms with E-state index in [0.717, 1.165) is 23.8 Å². The minimum atomic E-state index is -0.0286. The zero-order chi connectivity index (χ0) is 20.5. The number of hydrogen-bond acceptors (Lipinski definition) is 5. The number of aliphatic imine (C=N–C) groups is 1. The molecule has 0 unspecified atom stereocenters. The Balaban J connectivity index is 0.00000420. The van der Waals surface area contributed by atoms with Gasteiger partial charge in [-0.2, -0.15) is 0 Å². The number of nitrogens with zero attached hydrogens (tertiary/aromatic N) is 5. The second kappa shape index (κ2) is 12.2. The lowest BCUT2D eigenvalue weighted by Crippen LogP contribution is -2.43. The molecule has 0 aliphatic carbocycles. The molecule has 1 amide bonds. The van der Waals surface area contributed by atoms with Gasteiger partial charge in [0.1, 0.15) is 18.1 Å². The first-order valence-electron chi connectivity index (χ1n) is 9.11. The summed E-state index contributed by atoms with van der Waals surface area (Å²) in [5.74, 6) is 2.95. The lowest BCUT2D eigenvalue weighted by Gasteiger charge is -2.15. The number of likely N-dealkylation sites (N-methyl/N-ethyl adjacent to an activating group) is 1. The summed E-state index contributed by atoms with van der Waals surface area (Å²) in [6.45, 7) is 3.10. The highest BCUT2D eigenvalue weighted by atomic mass is 127. The van der Waals surface area contributed by atoms with Crippen LogP contribution in [0.5, 0.6) is 5.75 Å². The number of guanidine groups is 1. The van der Waals surface area contributed by atoms with Crippen LogP contribution in [0.15, 0.2) is 29.3 Å². The molecule has 0 saturated heterocycles. The number of rotatable bonds is 8. The largest absolute Gasteiger partial charge is 0.497 e. The maximum Gasteiger partial charge on any atom is 0.241 e. The van der Waals surface area contributed by atoms with E-state index < -0.39 is 0 Å². The summed E-state index contributed by atoms with van der Waals surface area (Å²) in [7, 11) is 7.00. The summed E-state index contributed by atoms with van der Waals surface area (Å²) in [5.41, 5.74) is 1.18. The molecule has 2 N–H and O–H groups in total. The van der Waals surface area contributed by atoms with E-state index in [1.807, 2.05) is 42.8 Å². The quantitative estimate of drug-likeness (QED) is 0.311. The number of methoxy groups -OCH3 is 1.